The molecule has 5 rings (SSSR count). The van der Waals surface area contributed by atoms with E-state index in [1.807, 2.05) is 0 Å². The second-order valence-corrected chi connectivity index (χ2v) is 6.54. The molecule has 7 nitrogen and oxygen atoms in total. The topological polar surface area (TPSA) is 122 Å². The number of rotatable bonds is 1. The first-order valence-electron chi connectivity index (χ1n) is 8.30. The first-order chi connectivity index (χ1) is 13.4. The van der Waals surface area contributed by atoms with Gasteiger partial charge in [0.2, 0.25) is 0 Å². The normalized spacial score (nSPS) is 13.7. The van der Waals surface area contributed by atoms with Gasteiger partial charge in [-0.3, -0.25) is 0 Å². The molecule has 10 heteroatoms. The van der Waals surface area contributed by atoms with Crippen molar-refractivity contribution in [3.8, 4) is 23.0 Å². The van der Waals surface area contributed by atoms with Crippen molar-refractivity contribution in [1.82, 2.24) is 0 Å². The molecule has 0 saturated carbocycles. The Morgan fingerprint density at radius 1 is 0.774 bits per heavy atom. The van der Waals surface area contributed by atoms with Gasteiger partial charge in [-0.05, 0) is 29.8 Å². The maximum absolute atomic E-state index is 12.6. The Hall–Kier alpha value is -1.000. The maximum atomic E-state index is 12.6. The van der Waals surface area contributed by atoms with Crippen LogP contribution in [0.1, 0.15) is 37.4 Å². The molecule has 0 N–H and O–H groups in total. The largest absolute Gasteiger partial charge is 1.00 e. The summed E-state index contributed by atoms with van der Waals surface area (Å²) in [6, 6.07) is 11.9. The number of carbonyl (C=O) groups is 2. The van der Waals surface area contributed by atoms with Crippen LogP contribution in [0.5, 0.6) is 23.0 Å². The molecule has 0 fully saturated rings. The molecule has 0 unspecified atom stereocenters. The van der Waals surface area contributed by atoms with Crippen LogP contribution in [0.3, 0.4) is 0 Å². The molecule has 0 amide bonds. The summed E-state index contributed by atoms with van der Waals surface area (Å²) in [6.07, 6.45) is 0. The van der Waals surface area contributed by atoms with Gasteiger partial charge in [-0.15, -0.1) is 11.5 Å². The minimum atomic E-state index is -1.54. The molecule has 1 spiro atoms. The number of benzene rings is 3. The number of ether oxygens (including phenoxy) is 2. The van der Waals surface area contributed by atoms with Crippen LogP contribution in [0.15, 0.2) is 54.6 Å². The van der Waals surface area contributed by atoms with Crippen molar-refractivity contribution in [2.45, 2.75) is 5.60 Å². The van der Waals surface area contributed by atoms with Gasteiger partial charge in [0.25, 0.3) is 0 Å². The predicted molar refractivity (Wildman–Crippen MR) is 87.9 cm³/mol. The molecule has 0 saturated heterocycles. The van der Waals surface area contributed by atoms with E-state index in [1.165, 1.54) is 54.6 Å². The van der Waals surface area contributed by atoms with Crippen molar-refractivity contribution < 1.29 is 123 Å². The third kappa shape index (κ3) is 3.97. The third-order valence-electron chi connectivity index (χ3n) is 4.98. The first-order valence-corrected chi connectivity index (χ1v) is 8.30. The molecule has 0 aromatic heterocycles. The fourth-order valence-corrected chi connectivity index (χ4v) is 3.81. The van der Waals surface area contributed by atoms with Crippen LogP contribution in [0.4, 0.5) is 0 Å². The van der Waals surface area contributed by atoms with Gasteiger partial charge in [0.1, 0.15) is 11.5 Å². The van der Waals surface area contributed by atoms with Gasteiger partial charge in [0.05, 0.1) is 11.5 Å². The van der Waals surface area contributed by atoms with Gasteiger partial charge in [-0.2, -0.15) is 0 Å². The number of carboxylic acids is 1. The van der Waals surface area contributed by atoms with Gasteiger partial charge in [0, 0.05) is 16.7 Å². The van der Waals surface area contributed by atoms with E-state index in [-0.39, 0.29) is 128 Å². The first kappa shape index (κ1) is 26.3. The van der Waals surface area contributed by atoms with Crippen molar-refractivity contribution >= 4 is 11.9 Å². The van der Waals surface area contributed by atoms with Crippen LogP contribution in [-0.2, 0) is 10.3 Å². The van der Waals surface area contributed by atoms with Gasteiger partial charge in [-0.1, -0.05) is 30.3 Å². The molecule has 0 radical (unpaired) electrons. The van der Waals surface area contributed by atoms with E-state index < -0.39 is 17.5 Å². The molecule has 0 aliphatic carbocycles. The summed E-state index contributed by atoms with van der Waals surface area (Å²) in [4.78, 5) is 24.0. The van der Waals surface area contributed by atoms with Gasteiger partial charge in [0.15, 0.2) is 5.60 Å². The van der Waals surface area contributed by atoms with E-state index >= 15 is 0 Å². The van der Waals surface area contributed by atoms with E-state index in [9.17, 15) is 24.9 Å². The van der Waals surface area contributed by atoms with Crippen molar-refractivity contribution in [2.75, 3.05) is 0 Å². The fourth-order valence-electron chi connectivity index (χ4n) is 3.81. The van der Waals surface area contributed by atoms with Crippen LogP contribution in [0, 0.1) is 0 Å². The molecule has 138 valence electrons. The molecule has 0 atom stereocenters. The van der Waals surface area contributed by atoms with Crippen LogP contribution in [-0.4, -0.2) is 11.9 Å². The molecular formula is C21H9Na3O7. The zero-order chi connectivity index (χ0) is 19.6. The van der Waals surface area contributed by atoms with E-state index in [0.717, 1.165) is 0 Å². The molecule has 2 aliphatic rings. The molecule has 2 aliphatic heterocycles. The van der Waals surface area contributed by atoms with Crippen LogP contribution in [0.25, 0.3) is 0 Å². The number of fused-ring (bicyclic) bond motifs is 6. The van der Waals surface area contributed by atoms with E-state index in [1.54, 1.807) is 0 Å². The Labute approximate surface area is 243 Å². The maximum Gasteiger partial charge on any atom is 1.00 e. The Bertz CT molecular complexity index is 1160. The summed E-state index contributed by atoms with van der Waals surface area (Å²) in [7, 11) is 0. The fraction of sp³-hybridized carbons (Fsp3) is 0.0476. The minimum absolute atomic E-state index is 0. The van der Waals surface area contributed by atoms with Crippen molar-refractivity contribution in [2.24, 2.45) is 0 Å². The average molecular weight is 442 g/mol. The third-order valence-corrected chi connectivity index (χ3v) is 4.98. The number of carboxylic acid groups (broad SMARTS) is 1. The molecule has 3 aromatic rings. The Kier molecular flexibility index (Phi) is 8.02. The Morgan fingerprint density at radius 2 is 1.32 bits per heavy atom. The van der Waals surface area contributed by atoms with E-state index in [0.29, 0.717) is 11.1 Å². The number of hydrogen-bond donors (Lipinski definition) is 0. The summed E-state index contributed by atoms with van der Waals surface area (Å²) < 4.78 is 11.5. The second kappa shape index (κ2) is 9.47. The smallest absolute Gasteiger partial charge is 0.872 e. The summed E-state index contributed by atoms with van der Waals surface area (Å²) >= 11 is 0. The van der Waals surface area contributed by atoms with Crippen molar-refractivity contribution in [1.29, 1.82) is 0 Å². The van der Waals surface area contributed by atoms with Crippen molar-refractivity contribution in [3.05, 3.63) is 82.4 Å². The minimum Gasteiger partial charge on any atom is -0.872 e. The number of esters is 1. The predicted octanol–water partition coefficient (Wildman–Crippen LogP) is -8.22. The number of carbonyl (C=O) groups excluding carboxylic acids is 2. The van der Waals surface area contributed by atoms with E-state index in [2.05, 4.69) is 0 Å². The van der Waals surface area contributed by atoms with Gasteiger partial charge in [-0.25, -0.2) is 4.79 Å². The molecular weight excluding hydrogens is 433 g/mol. The van der Waals surface area contributed by atoms with Crippen molar-refractivity contribution in [3.63, 3.8) is 0 Å². The summed E-state index contributed by atoms with van der Waals surface area (Å²) in [6.45, 7) is 0. The van der Waals surface area contributed by atoms with Crippen LogP contribution >= 0.6 is 0 Å². The monoisotopic (exact) mass is 442 g/mol. The Balaban J connectivity index is 0.00000114. The molecule has 31 heavy (non-hydrogen) atoms. The molecule has 3 aromatic carbocycles. The van der Waals surface area contributed by atoms with Crippen LogP contribution in [0.2, 0.25) is 0 Å². The summed E-state index contributed by atoms with van der Waals surface area (Å²) in [5, 5.41) is 35.1. The Morgan fingerprint density at radius 3 is 1.84 bits per heavy atom. The number of hydrogen-bond acceptors (Lipinski definition) is 7. The SMILES string of the molecule is O=C([O-])c1ccc2c(c1)C1(OC2=O)c2ccc([O-])cc2Oc2cc([O-])ccc21.[Na+].[Na+].[Na+]. The summed E-state index contributed by atoms with van der Waals surface area (Å²) in [5.74, 6) is -2.46. The zero-order valence-corrected chi connectivity index (χ0v) is 23.1. The summed E-state index contributed by atoms with van der Waals surface area (Å²) in [5.41, 5.74) is -0.487. The zero-order valence-electron chi connectivity index (χ0n) is 17.1. The quantitative estimate of drug-likeness (QED) is 0.271. The standard InChI is InChI=1S/C21H12O7.3Na/c22-11-2-5-14-17(8-11)27-18-9-12(23)3-6-15(18)21(14)16-7-10(19(24)25)1-4-13(16)20(26)28-21;;;/h1-9,22-23H,(H,24,25);;;/q;3*+1/p-3. The van der Waals surface area contributed by atoms with Gasteiger partial charge >= 0.3 is 94.6 Å². The van der Waals surface area contributed by atoms with E-state index in [4.69, 9.17) is 9.47 Å². The molecule has 2 heterocycles. The molecule has 0 bridgehead atoms. The number of aromatic carboxylic acids is 1. The second-order valence-electron chi connectivity index (χ2n) is 6.54. The van der Waals surface area contributed by atoms with Crippen LogP contribution < -0.4 is 109 Å². The average Bonchev–Trinajstić information content (AvgIpc) is 2.94. The van der Waals surface area contributed by atoms with Gasteiger partial charge < -0.3 is 29.6 Å².